The molecule has 5 nitrogen and oxygen atoms in total. The molecule has 0 atom stereocenters. The van der Waals surface area contributed by atoms with Gasteiger partial charge in [-0.15, -0.1) is 0 Å². The average molecular weight is 536 g/mol. The van der Waals surface area contributed by atoms with Crippen LogP contribution in [0, 0.1) is 6.92 Å². The lowest BCUT2D eigenvalue weighted by Crippen LogP contribution is -2.37. The summed E-state index contributed by atoms with van der Waals surface area (Å²) in [6.45, 7) is 3.66. The van der Waals surface area contributed by atoms with E-state index in [1.807, 2.05) is 56.3 Å². The van der Waals surface area contributed by atoms with Gasteiger partial charge in [-0.05, 0) is 66.4 Å². The normalized spacial score (nSPS) is 11.5. The van der Waals surface area contributed by atoms with Gasteiger partial charge in [0.05, 0.1) is 11.4 Å². The Bertz CT molecular complexity index is 1200. The van der Waals surface area contributed by atoms with Crippen LogP contribution < -0.4 is 5.32 Å². The molecule has 0 aliphatic rings. The van der Waals surface area contributed by atoms with Crippen molar-refractivity contribution in [3.8, 4) is 0 Å². The second kappa shape index (κ2) is 10.6. The lowest BCUT2D eigenvalue weighted by Gasteiger charge is -2.23. The van der Waals surface area contributed by atoms with Gasteiger partial charge in [0.2, 0.25) is 15.9 Å². The molecular formula is C24H24BrClN2O3S. The highest BCUT2D eigenvalue weighted by atomic mass is 79.9. The van der Waals surface area contributed by atoms with E-state index >= 15 is 0 Å². The maximum atomic E-state index is 13.4. The van der Waals surface area contributed by atoms with Crippen molar-refractivity contribution in [3.05, 3.63) is 92.9 Å². The summed E-state index contributed by atoms with van der Waals surface area (Å²) >= 11 is 9.40. The van der Waals surface area contributed by atoms with Crippen molar-refractivity contribution in [2.45, 2.75) is 31.7 Å². The van der Waals surface area contributed by atoms with Gasteiger partial charge in [0.25, 0.3) is 0 Å². The monoisotopic (exact) mass is 534 g/mol. The second-order valence-corrected chi connectivity index (χ2v) is 10.7. The van der Waals surface area contributed by atoms with Gasteiger partial charge in [-0.25, -0.2) is 8.42 Å². The Labute approximate surface area is 202 Å². The van der Waals surface area contributed by atoms with Gasteiger partial charge in [-0.2, -0.15) is 4.31 Å². The molecule has 0 aromatic heterocycles. The molecule has 0 aliphatic heterocycles. The second-order valence-electron chi connectivity index (χ2n) is 7.37. The van der Waals surface area contributed by atoms with Crippen LogP contribution in [0.3, 0.4) is 0 Å². The third kappa shape index (κ3) is 5.98. The number of hydrogen-bond acceptors (Lipinski definition) is 3. The van der Waals surface area contributed by atoms with E-state index in [1.54, 1.807) is 0 Å². The van der Waals surface area contributed by atoms with Crippen LogP contribution in [-0.2, 0) is 27.8 Å². The number of sulfonamides is 1. The zero-order chi connectivity index (χ0) is 23.3. The van der Waals surface area contributed by atoms with Crippen LogP contribution in [0.2, 0.25) is 5.02 Å². The minimum absolute atomic E-state index is 0.0686. The summed E-state index contributed by atoms with van der Waals surface area (Å²) in [4.78, 5) is 13.1. The van der Waals surface area contributed by atoms with Crippen molar-refractivity contribution in [1.82, 2.24) is 4.31 Å². The fourth-order valence-corrected chi connectivity index (χ4v) is 5.51. The van der Waals surface area contributed by atoms with Crippen molar-refractivity contribution in [3.63, 3.8) is 0 Å². The Morgan fingerprint density at radius 3 is 2.34 bits per heavy atom. The molecule has 0 saturated carbocycles. The summed E-state index contributed by atoms with van der Waals surface area (Å²) in [6.07, 6.45) is 0.729. The first kappa shape index (κ1) is 24.5. The number of carbonyl (C=O) groups excluding carboxylic acids is 1. The molecule has 0 radical (unpaired) electrons. The molecule has 168 valence electrons. The number of halogens is 2. The predicted octanol–water partition coefficient (Wildman–Crippen LogP) is 5.80. The number of benzene rings is 3. The summed E-state index contributed by atoms with van der Waals surface area (Å²) in [5.74, 6) is -0.404. The molecule has 0 saturated heterocycles. The molecule has 0 bridgehead atoms. The quantitative estimate of drug-likeness (QED) is 0.396. The Hall–Kier alpha value is -2.19. The zero-order valence-electron chi connectivity index (χ0n) is 17.8. The molecule has 3 aromatic carbocycles. The van der Waals surface area contributed by atoms with Crippen LogP contribution in [0.4, 0.5) is 5.69 Å². The van der Waals surface area contributed by atoms with Crippen molar-refractivity contribution < 1.29 is 13.2 Å². The van der Waals surface area contributed by atoms with E-state index < -0.39 is 15.9 Å². The summed E-state index contributed by atoms with van der Waals surface area (Å²) in [5.41, 5.74) is 3.37. The highest BCUT2D eigenvalue weighted by Gasteiger charge is 2.27. The summed E-state index contributed by atoms with van der Waals surface area (Å²) in [5, 5.41) is 3.36. The molecule has 0 spiro atoms. The standard InChI is InChI=1S/C24H24BrClN2O3S/c1-3-19-14-20(25)13-17(2)24(19)27-23(29)16-28(15-18-7-5-4-6-8-18)32(30,31)22-11-9-21(26)10-12-22/h4-14H,3,15-16H2,1-2H3,(H,27,29). The van der Waals surface area contributed by atoms with Gasteiger partial charge in [-0.1, -0.05) is 64.8 Å². The molecule has 0 aliphatic carbocycles. The van der Waals surface area contributed by atoms with E-state index in [0.717, 1.165) is 27.6 Å². The minimum atomic E-state index is -3.93. The highest BCUT2D eigenvalue weighted by molar-refractivity contribution is 9.10. The van der Waals surface area contributed by atoms with Crippen LogP contribution >= 0.6 is 27.5 Å². The molecule has 3 rings (SSSR count). The lowest BCUT2D eigenvalue weighted by molar-refractivity contribution is -0.116. The number of carbonyl (C=O) groups is 1. The first-order valence-corrected chi connectivity index (χ1v) is 12.7. The van der Waals surface area contributed by atoms with E-state index in [1.165, 1.54) is 28.6 Å². The molecule has 8 heteroatoms. The Morgan fingerprint density at radius 2 is 1.72 bits per heavy atom. The van der Waals surface area contributed by atoms with Gasteiger partial charge in [0, 0.05) is 21.7 Å². The SMILES string of the molecule is CCc1cc(Br)cc(C)c1NC(=O)CN(Cc1ccccc1)S(=O)(=O)c1ccc(Cl)cc1. The van der Waals surface area contributed by atoms with Crippen molar-refractivity contribution in [1.29, 1.82) is 0 Å². The zero-order valence-corrected chi connectivity index (χ0v) is 21.0. The van der Waals surface area contributed by atoms with Crippen LogP contribution in [0.1, 0.15) is 23.6 Å². The first-order valence-electron chi connectivity index (χ1n) is 10.1. The fourth-order valence-electron chi connectivity index (χ4n) is 3.38. The van der Waals surface area contributed by atoms with Crippen molar-refractivity contribution >= 4 is 49.1 Å². The number of nitrogens with one attached hydrogen (secondary N) is 1. The van der Waals surface area contributed by atoms with Crippen molar-refractivity contribution in [2.24, 2.45) is 0 Å². The van der Waals surface area contributed by atoms with Gasteiger partial charge in [0.15, 0.2) is 0 Å². The molecule has 0 unspecified atom stereocenters. The number of amides is 1. The van der Waals surface area contributed by atoms with Gasteiger partial charge >= 0.3 is 0 Å². The van der Waals surface area contributed by atoms with E-state index in [0.29, 0.717) is 10.7 Å². The molecule has 0 fully saturated rings. The van der Waals surface area contributed by atoms with Crippen molar-refractivity contribution in [2.75, 3.05) is 11.9 Å². The van der Waals surface area contributed by atoms with Crippen LogP contribution in [0.15, 0.2) is 76.1 Å². The van der Waals surface area contributed by atoms with Crippen LogP contribution in [0.25, 0.3) is 0 Å². The Kier molecular flexibility index (Phi) is 8.11. The molecule has 1 N–H and O–H groups in total. The molecule has 0 heterocycles. The van der Waals surface area contributed by atoms with E-state index in [-0.39, 0.29) is 18.0 Å². The van der Waals surface area contributed by atoms with Gasteiger partial charge in [0.1, 0.15) is 0 Å². The molecule has 3 aromatic rings. The Balaban J connectivity index is 1.91. The Morgan fingerprint density at radius 1 is 1.06 bits per heavy atom. The summed E-state index contributed by atoms with van der Waals surface area (Å²) in [6, 6.07) is 19.0. The number of nitrogens with zero attached hydrogens (tertiary/aromatic N) is 1. The summed E-state index contributed by atoms with van der Waals surface area (Å²) < 4.78 is 28.8. The highest BCUT2D eigenvalue weighted by Crippen LogP contribution is 2.27. The molecular weight excluding hydrogens is 512 g/mol. The maximum absolute atomic E-state index is 13.4. The fraction of sp³-hybridized carbons (Fsp3) is 0.208. The topological polar surface area (TPSA) is 66.5 Å². The first-order chi connectivity index (χ1) is 15.2. The van der Waals surface area contributed by atoms with E-state index in [4.69, 9.17) is 11.6 Å². The van der Waals surface area contributed by atoms with Gasteiger partial charge in [-0.3, -0.25) is 4.79 Å². The lowest BCUT2D eigenvalue weighted by atomic mass is 10.1. The third-order valence-electron chi connectivity index (χ3n) is 5.00. The number of rotatable bonds is 8. The predicted molar refractivity (Wildman–Crippen MR) is 132 cm³/mol. The largest absolute Gasteiger partial charge is 0.324 e. The van der Waals surface area contributed by atoms with Crippen LogP contribution in [0.5, 0.6) is 0 Å². The number of aryl methyl sites for hydroxylation is 2. The van der Waals surface area contributed by atoms with Gasteiger partial charge < -0.3 is 5.32 Å². The van der Waals surface area contributed by atoms with Crippen LogP contribution in [-0.4, -0.2) is 25.2 Å². The number of anilines is 1. The average Bonchev–Trinajstić information content (AvgIpc) is 2.76. The van der Waals surface area contributed by atoms with E-state index in [9.17, 15) is 13.2 Å². The molecule has 1 amide bonds. The third-order valence-corrected chi connectivity index (χ3v) is 7.52. The minimum Gasteiger partial charge on any atom is -0.324 e. The molecule has 32 heavy (non-hydrogen) atoms. The maximum Gasteiger partial charge on any atom is 0.243 e. The number of hydrogen-bond donors (Lipinski definition) is 1. The summed E-state index contributed by atoms with van der Waals surface area (Å²) in [7, 11) is -3.93. The van der Waals surface area contributed by atoms with E-state index in [2.05, 4.69) is 21.2 Å². The smallest absolute Gasteiger partial charge is 0.243 e.